The minimum atomic E-state index is 0.586. The number of nitrogens with zero attached hydrogens (tertiary/aromatic N) is 1. The second kappa shape index (κ2) is 7.41. The molecule has 1 N–H and O–H groups in total. The molecule has 0 saturated carbocycles. The van der Waals surface area contributed by atoms with Crippen molar-refractivity contribution in [2.45, 2.75) is 45.4 Å². The first-order valence-corrected chi connectivity index (χ1v) is 7.50. The number of aliphatic imine (C=N–C) groups is 1. The summed E-state index contributed by atoms with van der Waals surface area (Å²) in [5.41, 5.74) is 0. The monoisotopic (exact) mass is 266 g/mol. The Balaban J connectivity index is 1.80. The van der Waals surface area contributed by atoms with Crippen LogP contribution < -0.4 is 5.32 Å². The Morgan fingerprint density at radius 1 is 1.16 bits per heavy atom. The lowest BCUT2D eigenvalue weighted by Gasteiger charge is -2.27. The predicted molar refractivity (Wildman–Crippen MR) is 77.2 cm³/mol. The molecule has 4 nitrogen and oxygen atoms in total. The Hall–Kier alpha value is -1.19. The summed E-state index contributed by atoms with van der Waals surface area (Å²) in [5.74, 6) is 3.90. The van der Waals surface area contributed by atoms with Gasteiger partial charge in [0, 0.05) is 38.8 Å². The van der Waals surface area contributed by atoms with Gasteiger partial charge in [0.2, 0.25) is 0 Å². The van der Waals surface area contributed by atoms with Crippen LogP contribution in [0.4, 0.5) is 0 Å². The second-order valence-corrected chi connectivity index (χ2v) is 5.25. The molecular weight excluding hydrogens is 240 g/mol. The number of rotatable bonds is 5. The highest BCUT2D eigenvalue weighted by atomic mass is 16.5. The predicted octanol–water partition coefficient (Wildman–Crippen LogP) is 2.85. The van der Waals surface area contributed by atoms with E-state index < -0.39 is 0 Å². The van der Waals surface area contributed by atoms with E-state index in [-0.39, 0.29) is 0 Å². The van der Waals surface area contributed by atoms with Gasteiger partial charge in [0.1, 0.15) is 11.5 Å². The molecule has 1 heterocycles. The van der Waals surface area contributed by atoms with Crippen LogP contribution in [-0.2, 0) is 9.47 Å². The fourth-order valence-corrected chi connectivity index (χ4v) is 2.67. The molecule has 0 bridgehead atoms. The highest BCUT2D eigenvalue weighted by molar-refractivity contribution is 5.82. The summed E-state index contributed by atoms with van der Waals surface area (Å²) in [7, 11) is 1.85. The van der Waals surface area contributed by atoms with E-state index >= 15 is 0 Å². The van der Waals surface area contributed by atoms with Gasteiger partial charge in [-0.3, -0.25) is 4.99 Å². The summed E-state index contributed by atoms with van der Waals surface area (Å²) < 4.78 is 11.7. The largest absolute Gasteiger partial charge is 0.495 e. The zero-order chi connectivity index (χ0) is 13.5. The summed E-state index contributed by atoms with van der Waals surface area (Å²) >= 11 is 0. The van der Waals surface area contributed by atoms with Crippen LogP contribution in [0.15, 0.2) is 16.5 Å². The van der Waals surface area contributed by atoms with Crippen molar-refractivity contribution in [3.63, 3.8) is 0 Å². The van der Waals surface area contributed by atoms with E-state index in [1.165, 1.54) is 12.8 Å². The van der Waals surface area contributed by atoms with E-state index in [0.717, 1.165) is 62.8 Å². The van der Waals surface area contributed by atoms with Crippen LogP contribution in [0.1, 0.15) is 45.4 Å². The van der Waals surface area contributed by atoms with Crippen molar-refractivity contribution < 1.29 is 9.47 Å². The molecule has 0 aromatic rings. The van der Waals surface area contributed by atoms with Gasteiger partial charge in [-0.1, -0.05) is 0 Å². The number of hydrogen-bond donors (Lipinski definition) is 1. The molecular formula is C15H26N2O2. The van der Waals surface area contributed by atoms with Crippen molar-refractivity contribution in [2.24, 2.45) is 10.9 Å². The maximum atomic E-state index is 6.03. The zero-order valence-corrected chi connectivity index (χ0v) is 12.2. The van der Waals surface area contributed by atoms with Crippen LogP contribution in [0, 0.1) is 5.92 Å². The molecule has 1 aliphatic carbocycles. The summed E-state index contributed by atoms with van der Waals surface area (Å²) in [6.07, 6.45) is 6.74. The molecule has 0 aromatic carbocycles. The van der Waals surface area contributed by atoms with E-state index in [0.29, 0.717) is 5.92 Å². The maximum absolute atomic E-state index is 6.03. The highest BCUT2D eigenvalue weighted by Gasteiger charge is 2.20. The lowest BCUT2D eigenvalue weighted by Crippen LogP contribution is -2.37. The quantitative estimate of drug-likeness (QED) is 0.832. The van der Waals surface area contributed by atoms with Crippen LogP contribution in [0.3, 0.4) is 0 Å². The van der Waals surface area contributed by atoms with Gasteiger partial charge >= 0.3 is 0 Å². The van der Waals surface area contributed by atoms with E-state index in [1.807, 2.05) is 14.0 Å². The standard InChI is InChI=1S/C15H26N2O2/c1-3-18-13-6-4-5-7-14(13)19-11-12-8-9-15(16-2)17-10-12/h12H,3-11H2,1-2H3,(H,16,17). The molecule has 1 atom stereocenters. The normalized spacial score (nSPS) is 26.2. The average molecular weight is 266 g/mol. The van der Waals surface area contributed by atoms with Crippen molar-refractivity contribution in [2.75, 3.05) is 26.8 Å². The molecule has 2 rings (SSSR count). The minimum Gasteiger partial charge on any atom is -0.495 e. The minimum absolute atomic E-state index is 0.586. The molecule has 4 heteroatoms. The van der Waals surface area contributed by atoms with Crippen LogP contribution in [0.2, 0.25) is 0 Å². The summed E-state index contributed by atoms with van der Waals surface area (Å²) in [5, 5.41) is 3.37. The molecule has 19 heavy (non-hydrogen) atoms. The molecule has 0 spiro atoms. The first-order chi connectivity index (χ1) is 9.33. The van der Waals surface area contributed by atoms with Gasteiger partial charge in [-0.15, -0.1) is 0 Å². The molecule has 1 unspecified atom stereocenters. The lowest BCUT2D eigenvalue weighted by atomic mass is 9.99. The number of allylic oxidation sites excluding steroid dienone is 2. The number of nitrogens with one attached hydrogen (secondary N) is 1. The number of amidine groups is 1. The maximum Gasteiger partial charge on any atom is 0.133 e. The third-order valence-corrected chi connectivity index (χ3v) is 3.83. The van der Waals surface area contributed by atoms with Crippen LogP contribution in [0.5, 0.6) is 0 Å². The molecule has 1 aliphatic heterocycles. The van der Waals surface area contributed by atoms with Gasteiger partial charge in [-0.2, -0.15) is 0 Å². The van der Waals surface area contributed by atoms with Crippen LogP contribution >= 0.6 is 0 Å². The van der Waals surface area contributed by atoms with Crippen molar-refractivity contribution in [1.29, 1.82) is 0 Å². The van der Waals surface area contributed by atoms with E-state index in [9.17, 15) is 0 Å². The zero-order valence-electron chi connectivity index (χ0n) is 12.2. The van der Waals surface area contributed by atoms with Crippen molar-refractivity contribution in [3.8, 4) is 0 Å². The Labute approximate surface area is 116 Å². The van der Waals surface area contributed by atoms with E-state index in [2.05, 4.69) is 10.3 Å². The van der Waals surface area contributed by atoms with Gasteiger partial charge < -0.3 is 14.8 Å². The molecule has 0 amide bonds. The summed E-state index contributed by atoms with van der Waals surface area (Å²) in [6.45, 7) is 4.55. The lowest BCUT2D eigenvalue weighted by molar-refractivity contribution is 0.110. The number of piperidine rings is 1. The van der Waals surface area contributed by atoms with Gasteiger partial charge in [0.15, 0.2) is 0 Å². The van der Waals surface area contributed by atoms with Crippen LogP contribution in [0.25, 0.3) is 0 Å². The topological polar surface area (TPSA) is 42.9 Å². The number of hydrogen-bond acceptors (Lipinski definition) is 3. The SMILES string of the molecule is CCOC1=C(OCC2CCC(=NC)NC2)CCCC1. The van der Waals surface area contributed by atoms with Crippen molar-refractivity contribution in [3.05, 3.63) is 11.5 Å². The smallest absolute Gasteiger partial charge is 0.133 e. The third kappa shape index (κ3) is 4.15. The van der Waals surface area contributed by atoms with Gasteiger partial charge in [0.05, 0.1) is 19.0 Å². The first-order valence-electron chi connectivity index (χ1n) is 7.50. The fourth-order valence-electron chi connectivity index (χ4n) is 2.67. The molecule has 0 aromatic heterocycles. The Kier molecular flexibility index (Phi) is 5.55. The molecule has 2 aliphatic rings. The van der Waals surface area contributed by atoms with Crippen molar-refractivity contribution >= 4 is 5.84 Å². The first kappa shape index (κ1) is 14.2. The average Bonchev–Trinajstić information content (AvgIpc) is 2.47. The summed E-state index contributed by atoms with van der Waals surface area (Å²) in [6, 6.07) is 0. The fraction of sp³-hybridized carbons (Fsp3) is 0.800. The Bertz CT molecular complexity index is 340. The van der Waals surface area contributed by atoms with Gasteiger partial charge in [-0.05, 0) is 26.2 Å². The van der Waals surface area contributed by atoms with Crippen molar-refractivity contribution in [1.82, 2.24) is 5.32 Å². The third-order valence-electron chi connectivity index (χ3n) is 3.83. The Morgan fingerprint density at radius 2 is 1.89 bits per heavy atom. The highest BCUT2D eigenvalue weighted by Crippen LogP contribution is 2.27. The Morgan fingerprint density at radius 3 is 2.47 bits per heavy atom. The molecule has 108 valence electrons. The van der Waals surface area contributed by atoms with Crippen LogP contribution in [-0.4, -0.2) is 32.6 Å². The van der Waals surface area contributed by atoms with E-state index in [4.69, 9.17) is 9.47 Å². The molecule has 1 saturated heterocycles. The molecule has 0 radical (unpaired) electrons. The van der Waals surface area contributed by atoms with Gasteiger partial charge in [0.25, 0.3) is 0 Å². The molecule has 1 fully saturated rings. The van der Waals surface area contributed by atoms with Gasteiger partial charge in [-0.25, -0.2) is 0 Å². The van der Waals surface area contributed by atoms with E-state index in [1.54, 1.807) is 0 Å². The summed E-state index contributed by atoms with van der Waals surface area (Å²) in [4.78, 5) is 4.20. The number of ether oxygens (including phenoxy) is 2. The second-order valence-electron chi connectivity index (χ2n) is 5.25.